The number of hydrogen-bond donors (Lipinski definition) is 1. The predicted octanol–water partition coefficient (Wildman–Crippen LogP) is 2.26. The fraction of sp³-hybridized carbons (Fsp3) is 0.455. The largest absolute Gasteiger partial charge is 0.330 e. The van der Waals surface area contributed by atoms with E-state index >= 15 is 0 Å². The summed E-state index contributed by atoms with van der Waals surface area (Å²) < 4.78 is 13.5. The second kappa shape index (κ2) is 6.05. The van der Waals surface area contributed by atoms with Crippen molar-refractivity contribution in [3.63, 3.8) is 0 Å². The first-order valence-corrected chi connectivity index (χ1v) is 5.34. The van der Waals surface area contributed by atoms with Crippen LogP contribution in [0.5, 0.6) is 0 Å². The molecule has 15 heavy (non-hydrogen) atoms. The van der Waals surface area contributed by atoms with Crippen molar-refractivity contribution in [1.82, 2.24) is 4.90 Å². The molecule has 1 aromatic rings. The summed E-state index contributed by atoms with van der Waals surface area (Å²) >= 11 is 5.69. The van der Waals surface area contributed by atoms with Crippen LogP contribution < -0.4 is 5.73 Å². The molecule has 0 heterocycles. The van der Waals surface area contributed by atoms with E-state index < -0.39 is 0 Å². The molecule has 2 nitrogen and oxygen atoms in total. The van der Waals surface area contributed by atoms with Gasteiger partial charge in [0.05, 0.1) is 5.02 Å². The number of halogens is 2. The highest BCUT2D eigenvalue weighted by molar-refractivity contribution is 6.30. The van der Waals surface area contributed by atoms with Gasteiger partial charge in [-0.3, -0.25) is 0 Å². The zero-order chi connectivity index (χ0) is 11.3. The van der Waals surface area contributed by atoms with Gasteiger partial charge in [0, 0.05) is 12.1 Å². The predicted molar refractivity (Wildman–Crippen MR) is 61.4 cm³/mol. The van der Waals surface area contributed by atoms with Crippen LogP contribution in [-0.4, -0.2) is 25.0 Å². The molecule has 1 rings (SSSR count). The lowest BCUT2D eigenvalue weighted by Gasteiger charge is -2.16. The van der Waals surface area contributed by atoms with Crippen molar-refractivity contribution in [3.8, 4) is 0 Å². The number of rotatable bonds is 5. The summed E-state index contributed by atoms with van der Waals surface area (Å²) in [6.07, 6.45) is 0.915. The summed E-state index contributed by atoms with van der Waals surface area (Å²) in [7, 11) is 1.94. The quantitative estimate of drug-likeness (QED) is 0.841. The Hall–Kier alpha value is -0.640. The van der Waals surface area contributed by atoms with E-state index in [9.17, 15) is 4.39 Å². The molecule has 0 atom stereocenters. The second-order valence-electron chi connectivity index (χ2n) is 3.59. The molecule has 0 saturated carbocycles. The van der Waals surface area contributed by atoms with E-state index in [0.717, 1.165) is 13.0 Å². The fourth-order valence-corrected chi connectivity index (χ4v) is 1.60. The van der Waals surface area contributed by atoms with Gasteiger partial charge in [0.2, 0.25) is 0 Å². The first-order chi connectivity index (χ1) is 7.15. The van der Waals surface area contributed by atoms with Gasteiger partial charge in [-0.2, -0.15) is 0 Å². The Balaban J connectivity index is 2.60. The molecule has 0 aliphatic heterocycles. The summed E-state index contributed by atoms with van der Waals surface area (Å²) in [4.78, 5) is 2.03. The molecule has 0 saturated heterocycles. The lowest BCUT2D eigenvalue weighted by atomic mass is 10.2. The van der Waals surface area contributed by atoms with Crippen LogP contribution in [0.1, 0.15) is 12.0 Å². The Morgan fingerprint density at radius 2 is 2.20 bits per heavy atom. The van der Waals surface area contributed by atoms with Crippen molar-refractivity contribution < 1.29 is 4.39 Å². The van der Waals surface area contributed by atoms with Gasteiger partial charge in [-0.05, 0) is 32.6 Å². The van der Waals surface area contributed by atoms with E-state index in [1.165, 1.54) is 0 Å². The van der Waals surface area contributed by atoms with E-state index in [-0.39, 0.29) is 10.8 Å². The molecule has 4 heteroatoms. The maximum Gasteiger partial charge on any atom is 0.146 e. The van der Waals surface area contributed by atoms with Crippen molar-refractivity contribution >= 4 is 11.6 Å². The van der Waals surface area contributed by atoms with E-state index in [1.807, 2.05) is 11.9 Å². The molecule has 0 aromatic heterocycles. The van der Waals surface area contributed by atoms with Crippen LogP contribution in [0, 0.1) is 5.82 Å². The molecule has 0 amide bonds. The van der Waals surface area contributed by atoms with Gasteiger partial charge in [-0.25, -0.2) is 4.39 Å². The van der Waals surface area contributed by atoms with E-state index in [2.05, 4.69) is 0 Å². The highest BCUT2D eigenvalue weighted by Crippen LogP contribution is 2.18. The van der Waals surface area contributed by atoms with Crippen LogP contribution in [0.15, 0.2) is 18.2 Å². The van der Waals surface area contributed by atoms with Gasteiger partial charge in [0.25, 0.3) is 0 Å². The molecule has 0 unspecified atom stereocenters. The van der Waals surface area contributed by atoms with Crippen molar-refractivity contribution in [1.29, 1.82) is 0 Å². The summed E-state index contributed by atoms with van der Waals surface area (Å²) in [5.41, 5.74) is 6.03. The van der Waals surface area contributed by atoms with Crippen molar-refractivity contribution in [3.05, 3.63) is 34.6 Å². The number of nitrogens with zero attached hydrogens (tertiary/aromatic N) is 1. The standard InChI is InChI=1S/C11H16ClFN2/c1-15(7-3-6-14)8-9-4-2-5-10(12)11(9)13/h2,4-5H,3,6-8,14H2,1H3. The Morgan fingerprint density at radius 3 is 2.87 bits per heavy atom. The molecule has 2 N–H and O–H groups in total. The smallest absolute Gasteiger partial charge is 0.146 e. The van der Waals surface area contributed by atoms with Gasteiger partial charge in [0.15, 0.2) is 0 Å². The molecule has 84 valence electrons. The zero-order valence-corrected chi connectivity index (χ0v) is 9.60. The SMILES string of the molecule is CN(CCCN)Cc1cccc(Cl)c1F. The Morgan fingerprint density at radius 1 is 1.47 bits per heavy atom. The van der Waals surface area contributed by atoms with Crippen molar-refractivity contribution in [2.45, 2.75) is 13.0 Å². The summed E-state index contributed by atoms with van der Waals surface area (Å²) in [6.45, 7) is 2.08. The lowest BCUT2D eigenvalue weighted by Crippen LogP contribution is -2.21. The minimum Gasteiger partial charge on any atom is -0.330 e. The minimum absolute atomic E-state index is 0.180. The molecule has 0 aliphatic rings. The van der Waals surface area contributed by atoms with Gasteiger partial charge in [-0.1, -0.05) is 23.7 Å². The first-order valence-electron chi connectivity index (χ1n) is 4.96. The van der Waals surface area contributed by atoms with Crippen molar-refractivity contribution in [2.24, 2.45) is 5.73 Å². The third-order valence-corrected chi connectivity index (χ3v) is 2.51. The van der Waals surface area contributed by atoms with E-state index in [4.69, 9.17) is 17.3 Å². The van der Waals surface area contributed by atoms with Crippen LogP contribution in [0.25, 0.3) is 0 Å². The third-order valence-electron chi connectivity index (χ3n) is 2.22. The third kappa shape index (κ3) is 3.78. The van der Waals surface area contributed by atoms with Crippen molar-refractivity contribution in [2.75, 3.05) is 20.1 Å². The average molecular weight is 231 g/mol. The normalized spacial score (nSPS) is 11.0. The molecule has 0 aliphatic carbocycles. The molecule has 1 aromatic carbocycles. The summed E-state index contributed by atoms with van der Waals surface area (Å²) in [5, 5.41) is 0.180. The molecule has 0 fully saturated rings. The minimum atomic E-state index is -0.321. The molecular weight excluding hydrogens is 215 g/mol. The maximum absolute atomic E-state index is 13.5. The Bertz CT molecular complexity index is 317. The summed E-state index contributed by atoms with van der Waals surface area (Å²) in [6, 6.07) is 5.07. The number of nitrogens with two attached hydrogens (primary N) is 1. The lowest BCUT2D eigenvalue weighted by molar-refractivity contribution is 0.319. The zero-order valence-electron chi connectivity index (χ0n) is 8.84. The monoisotopic (exact) mass is 230 g/mol. The average Bonchev–Trinajstić information content (AvgIpc) is 2.22. The Kier molecular flexibility index (Phi) is 5.02. The van der Waals surface area contributed by atoms with Gasteiger partial charge in [0.1, 0.15) is 5.82 Å². The fourth-order valence-electron chi connectivity index (χ4n) is 1.40. The summed E-state index contributed by atoms with van der Waals surface area (Å²) in [5.74, 6) is -0.321. The maximum atomic E-state index is 13.5. The molecule has 0 bridgehead atoms. The number of hydrogen-bond acceptors (Lipinski definition) is 2. The van der Waals surface area contributed by atoms with Crippen LogP contribution >= 0.6 is 11.6 Å². The topological polar surface area (TPSA) is 29.3 Å². The highest BCUT2D eigenvalue weighted by atomic mass is 35.5. The molecular formula is C11H16ClFN2. The van der Waals surface area contributed by atoms with Gasteiger partial charge >= 0.3 is 0 Å². The van der Waals surface area contributed by atoms with Crippen LogP contribution in [0.4, 0.5) is 4.39 Å². The van der Waals surface area contributed by atoms with Gasteiger partial charge in [-0.15, -0.1) is 0 Å². The second-order valence-corrected chi connectivity index (χ2v) is 4.00. The van der Waals surface area contributed by atoms with Crippen LogP contribution in [0.2, 0.25) is 5.02 Å². The van der Waals surface area contributed by atoms with Crippen LogP contribution in [0.3, 0.4) is 0 Å². The Labute approximate surface area is 94.8 Å². The van der Waals surface area contributed by atoms with E-state index in [0.29, 0.717) is 18.7 Å². The van der Waals surface area contributed by atoms with Crippen LogP contribution in [-0.2, 0) is 6.54 Å². The first kappa shape index (κ1) is 12.4. The highest BCUT2D eigenvalue weighted by Gasteiger charge is 2.07. The van der Waals surface area contributed by atoms with E-state index in [1.54, 1.807) is 18.2 Å². The molecule has 0 radical (unpaired) electrons. The van der Waals surface area contributed by atoms with Gasteiger partial charge < -0.3 is 10.6 Å². The number of benzene rings is 1. The molecule has 0 spiro atoms.